The summed E-state index contributed by atoms with van der Waals surface area (Å²) >= 11 is 0. The second-order valence-electron chi connectivity index (χ2n) is 6.11. The number of allylic oxidation sites excluding steroid dienone is 1. The Morgan fingerprint density at radius 1 is 1.29 bits per heavy atom. The first-order chi connectivity index (χ1) is 10.2. The molecule has 2 aliphatic rings. The molecule has 1 aromatic rings. The highest BCUT2D eigenvalue weighted by atomic mass is 16.5. The van der Waals surface area contributed by atoms with Gasteiger partial charge in [0.15, 0.2) is 0 Å². The van der Waals surface area contributed by atoms with E-state index < -0.39 is 0 Å². The number of benzene rings is 1. The van der Waals surface area contributed by atoms with Crippen LogP contribution in [-0.4, -0.2) is 25.2 Å². The number of methoxy groups -OCH3 is 1. The van der Waals surface area contributed by atoms with Gasteiger partial charge >= 0.3 is 5.97 Å². The summed E-state index contributed by atoms with van der Waals surface area (Å²) in [4.78, 5) is 12.2. The number of carbonyl (C=O) groups excluding carboxylic acids is 1. The molecule has 112 valence electrons. The first-order valence-corrected chi connectivity index (χ1v) is 7.79. The second-order valence-corrected chi connectivity index (χ2v) is 6.11. The van der Waals surface area contributed by atoms with Crippen LogP contribution in [0.5, 0.6) is 0 Å². The normalized spacial score (nSPS) is 31.5. The summed E-state index contributed by atoms with van der Waals surface area (Å²) in [6.07, 6.45) is 7.41. The van der Waals surface area contributed by atoms with Gasteiger partial charge in [0.05, 0.1) is 13.0 Å². The average Bonchev–Trinajstić information content (AvgIpc) is 2.89. The van der Waals surface area contributed by atoms with Crippen LogP contribution in [0.2, 0.25) is 0 Å². The molecule has 3 rings (SSSR count). The summed E-state index contributed by atoms with van der Waals surface area (Å²) in [7, 11) is 1.50. The van der Waals surface area contributed by atoms with E-state index in [1.807, 2.05) is 13.0 Å². The lowest BCUT2D eigenvalue weighted by molar-refractivity contribution is -0.148. The lowest BCUT2D eigenvalue weighted by atomic mass is 9.77. The summed E-state index contributed by atoms with van der Waals surface area (Å²) in [6.45, 7) is 2.02. The molecule has 2 fully saturated rings. The average molecular weight is 285 g/mol. The van der Waals surface area contributed by atoms with Crippen molar-refractivity contribution < 1.29 is 9.53 Å². The molecular weight excluding hydrogens is 262 g/mol. The molecule has 4 atom stereocenters. The quantitative estimate of drug-likeness (QED) is 0.867. The van der Waals surface area contributed by atoms with Gasteiger partial charge in [-0.05, 0) is 37.3 Å². The van der Waals surface area contributed by atoms with Crippen LogP contribution in [0.4, 0.5) is 0 Å². The van der Waals surface area contributed by atoms with E-state index in [-0.39, 0.29) is 23.8 Å². The van der Waals surface area contributed by atoms with Gasteiger partial charge in [0.2, 0.25) is 0 Å². The van der Waals surface area contributed by atoms with Crippen LogP contribution in [0.1, 0.15) is 43.2 Å². The Hall–Kier alpha value is -1.61. The van der Waals surface area contributed by atoms with Crippen molar-refractivity contribution in [2.45, 2.75) is 44.2 Å². The van der Waals surface area contributed by atoms with Crippen LogP contribution in [0.3, 0.4) is 0 Å². The predicted molar refractivity (Wildman–Crippen MR) is 84.0 cm³/mol. The fraction of sp³-hybridized carbons (Fsp3) is 0.500. The van der Waals surface area contributed by atoms with Crippen LogP contribution in [0.15, 0.2) is 30.3 Å². The number of esters is 1. The van der Waals surface area contributed by atoms with Gasteiger partial charge in [0, 0.05) is 18.0 Å². The monoisotopic (exact) mass is 285 g/mol. The number of nitrogens with one attached hydrogen (secondary N) is 1. The van der Waals surface area contributed by atoms with Crippen LogP contribution in [-0.2, 0) is 9.53 Å². The van der Waals surface area contributed by atoms with E-state index in [2.05, 4.69) is 35.7 Å². The third-order valence-corrected chi connectivity index (χ3v) is 4.88. The third-order valence-electron chi connectivity index (χ3n) is 4.88. The van der Waals surface area contributed by atoms with Gasteiger partial charge in [-0.15, -0.1) is 0 Å². The zero-order valence-corrected chi connectivity index (χ0v) is 12.7. The van der Waals surface area contributed by atoms with Crippen molar-refractivity contribution in [2.24, 2.45) is 5.92 Å². The summed E-state index contributed by atoms with van der Waals surface area (Å²) in [6, 6.07) is 9.43. The predicted octanol–water partition coefficient (Wildman–Crippen LogP) is 3.12. The van der Waals surface area contributed by atoms with Crippen molar-refractivity contribution in [1.82, 2.24) is 5.32 Å². The molecule has 1 N–H and O–H groups in total. The molecule has 0 amide bonds. The Kier molecular flexibility index (Phi) is 4.11. The van der Waals surface area contributed by atoms with Crippen molar-refractivity contribution in [3.63, 3.8) is 0 Å². The molecule has 3 heteroatoms. The van der Waals surface area contributed by atoms with Gasteiger partial charge in [-0.2, -0.15) is 0 Å². The van der Waals surface area contributed by atoms with Gasteiger partial charge in [-0.25, -0.2) is 0 Å². The first-order valence-electron chi connectivity index (χ1n) is 7.79. The van der Waals surface area contributed by atoms with E-state index in [0.29, 0.717) is 6.04 Å². The van der Waals surface area contributed by atoms with E-state index in [0.717, 1.165) is 12.8 Å². The van der Waals surface area contributed by atoms with E-state index in [1.54, 1.807) is 0 Å². The molecule has 0 radical (unpaired) electrons. The number of piperidine rings is 1. The van der Waals surface area contributed by atoms with Crippen molar-refractivity contribution >= 4 is 12.0 Å². The summed E-state index contributed by atoms with van der Waals surface area (Å²) in [5, 5.41) is 3.58. The van der Waals surface area contributed by atoms with Crippen molar-refractivity contribution in [2.75, 3.05) is 7.11 Å². The zero-order chi connectivity index (χ0) is 14.8. The van der Waals surface area contributed by atoms with Crippen molar-refractivity contribution in [1.29, 1.82) is 0 Å². The fourth-order valence-corrected chi connectivity index (χ4v) is 3.91. The molecular formula is C18H23NO2. The van der Waals surface area contributed by atoms with Gasteiger partial charge in [0.25, 0.3) is 0 Å². The lowest BCUT2D eigenvalue weighted by Gasteiger charge is -2.36. The highest BCUT2D eigenvalue weighted by molar-refractivity contribution is 5.75. The summed E-state index contributed by atoms with van der Waals surface area (Å²) in [5.41, 5.74) is 2.46. The highest BCUT2D eigenvalue weighted by Gasteiger charge is 2.46. The minimum absolute atomic E-state index is 0.0543. The highest BCUT2D eigenvalue weighted by Crippen LogP contribution is 2.42. The maximum Gasteiger partial charge on any atom is 0.310 e. The Morgan fingerprint density at radius 3 is 2.71 bits per heavy atom. The maximum absolute atomic E-state index is 12.2. The maximum atomic E-state index is 12.2. The molecule has 2 bridgehead atoms. The molecule has 1 aromatic carbocycles. The fourth-order valence-electron chi connectivity index (χ4n) is 3.91. The molecule has 21 heavy (non-hydrogen) atoms. The minimum Gasteiger partial charge on any atom is -0.469 e. The molecule has 0 aromatic heterocycles. The summed E-state index contributed by atoms with van der Waals surface area (Å²) in [5.74, 6) is 0.146. The van der Waals surface area contributed by atoms with E-state index in [4.69, 9.17) is 4.74 Å². The molecule has 3 nitrogen and oxygen atoms in total. The molecule has 2 heterocycles. The largest absolute Gasteiger partial charge is 0.469 e. The summed E-state index contributed by atoms with van der Waals surface area (Å²) < 4.78 is 5.06. The number of hydrogen-bond acceptors (Lipinski definition) is 3. The molecule has 2 saturated heterocycles. The lowest BCUT2D eigenvalue weighted by Crippen LogP contribution is -2.48. The number of hydrogen-bond donors (Lipinski definition) is 1. The minimum atomic E-state index is -0.0737. The van der Waals surface area contributed by atoms with Gasteiger partial charge < -0.3 is 10.1 Å². The molecule has 0 saturated carbocycles. The third kappa shape index (κ3) is 2.75. The molecule has 0 aliphatic carbocycles. The van der Waals surface area contributed by atoms with Crippen LogP contribution in [0.25, 0.3) is 6.08 Å². The Labute approximate surface area is 126 Å². The zero-order valence-electron chi connectivity index (χ0n) is 12.7. The SMILES string of the molecule is C/C=C/c1ccc([C@H]2C[C@@H]3CC[C@@H](N3)[C@H]2C(=O)OC)cc1. The number of carbonyl (C=O) groups is 1. The van der Waals surface area contributed by atoms with Crippen LogP contribution >= 0.6 is 0 Å². The topological polar surface area (TPSA) is 38.3 Å². The Bertz CT molecular complexity index is 535. The van der Waals surface area contributed by atoms with Gasteiger partial charge in [-0.1, -0.05) is 36.4 Å². The van der Waals surface area contributed by atoms with Crippen LogP contribution < -0.4 is 5.32 Å². The molecule has 2 aliphatic heterocycles. The van der Waals surface area contributed by atoms with Gasteiger partial charge in [-0.3, -0.25) is 4.79 Å². The van der Waals surface area contributed by atoms with Crippen LogP contribution in [0, 0.1) is 5.92 Å². The van der Waals surface area contributed by atoms with Crippen molar-refractivity contribution in [3.05, 3.63) is 41.5 Å². The Morgan fingerprint density at radius 2 is 2.05 bits per heavy atom. The number of fused-ring (bicyclic) bond motifs is 2. The number of ether oxygens (including phenoxy) is 1. The van der Waals surface area contributed by atoms with E-state index in [9.17, 15) is 4.79 Å². The molecule has 0 spiro atoms. The Balaban J connectivity index is 1.88. The van der Waals surface area contributed by atoms with E-state index >= 15 is 0 Å². The number of rotatable bonds is 3. The van der Waals surface area contributed by atoms with Crippen molar-refractivity contribution in [3.8, 4) is 0 Å². The van der Waals surface area contributed by atoms with E-state index in [1.165, 1.54) is 24.7 Å². The second kappa shape index (κ2) is 6.02. The first kappa shape index (κ1) is 14.3. The smallest absolute Gasteiger partial charge is 0.310 e. The standard InChI is InChI=1S/C18H23NO2/c1-3-4-12-5-7-13(8-6-12)15-11-14-9-10-16(19-14)17(15)18(20)21-2/h3-8,14-17,19H,9-11H2,1-2H3/b4-3+/t14-,15+,16+,17-/m0/s1. The van der Waals surface area contributed by atoms with Gasteiger partial charge in [0.1, 0.15) is 0 Å². The molecule has 0 unspecified atom stereocenters.